The molecule has 2 fully saturated rings. The van der Waals surface area contributed by atoms with Gasteiger partial charge in [0.15, 0.2) is 23.6 Å². The Balaban J connectivity index is 1.65. The Labute approximate surface area is 173 Å². The minimum Gasteiger partial charge on any atom is -0.394 e. The zero-order valence-corrected chi connectivity index (χ0v) is 15.9. The van der Waals surface area contributed by atoms with Gasteiger partial charge in [-0.05, 0) is 0 Å². The van der Waals surface area contributed by atoms with Gasteiger partial charge < -0.3 is 50.5 Å². The van der Waals surface area contributed by atoms with Crippen molar-refractivity contribution in [2.75, 3.05) is 18.5 Å². The molecule has 0 bridgehead atoms. The second-order valence-corrected chi connectivity index (χ2v) is 7.36. The minimum absolute atomic E-state index is 0.0503. The van der Waals surface area contributed by atoms with Crippen molar-refractivity contribution in [3.05, 3.63) is 16.7 Å². The summed E-state index contributed by atoms with van der Waals surface area (Å²) in [5, 5.41) is 71.3. The van der Waals surface area contributed by atoms with Crippen molar-refractivity contribution in [2.24, 2.45) is 0 Å². The van der Waals surface area contributed by atoms with E-state index in [9.17, 15) is 40.5 Å². The lowest BCUT2D eigenvalue weighted by atomic mass is 9.98. The number of imidazole rings is 1. The fraction of sp³-hybridized carbons (Fsp3) is 0.688. The number of nitrogens with zero attached hydrogens (tertiary/aromatic N) is 3. The predicted octanol–water partition coefficient (Wildman–Crippen LogP) is -5.06. The first-order valence-electron chi connectivity index (χ1n) is 9.43. The van der Waals surface area contributed by atoms with Crippen LogP contribution in [0.2, 0.25) is 0 Å². The summed E-state index contributed by atoms with van der Waals surface area (Å²) in [4.78, 5) is 22.9. The number of hydrogen-bond acceptors (Lipinski definition) is 13. The lowest BCUT2D eigenvalue weighted by Gasteiger charge is -2.40. The molecule has 4 heterocycles. The fourth-order valence-electron chi connectivity index (χ4n) is 3.65. The highest BCUT2D eigenvalue weighted by Gasteiger charge is 2.45. The average molecular weight is 445 g/mol. The van der Waals surface area contributed by atoms with Gasteiger partial charge in [0.05, 0.1) is 19.5 Å². The summed E-state index contributed by atoms with van der Waals surface area (Å²) in [5.41, 5.74) is -0.856. The first kappa shape index (κ1) is 22.0. The lowest BCUT2D eigenvalue weighted by molar-refractivity contribution is -0.221. The quantitative estimate of drug-likeness (QED) is 0.210. The number of H-pyrrole nitrogens is 1. The summed E-state index contributed by atoms with van der Waals surface area (Å²) in [7, 11) is 0. The van der Waals surface area contributed by atoms with Gasteiger partial charge in [0.25, 0.3) is 5.56 Å². The smallest absolute Gasteiger partial charge is 0.280 e. The maximum atomic E-state index is 12.4. The van der Waals surface area contributed by atoms with Crippen LogP contribution in [0.3, 0.4) is 0 Å². The van der Waals surface area contributed by atoms with E-state index in [1.54, 1.807) is 0 Å². The van der Waals surface area contributed by atoms with E-state index in [0.717, 1.165) is 0 Å². The van der Waals surface area contributed by atoms with Crippen LogP contribution >= 0.6 is 0 Å². The second kappa shape index (κ2) is 8.38. The van der Waals surface area contributed by atoms with Crippen molar-refractivity contribution in [3.63, 3.8) is 0 Å². The van der Waals surface area contributed by atoms with Crippen molar-refractivity contribution in [1.82, 2.24) is 19.5 Å². The Morgan fingerprint density at radius 1 is 0.968 bits per heavy atom. The Kier molecular flexibility index (Phi) is 5.95. The third kappa shape index (κ3) is 3.69. The molecule has 2 aromatic rings. The first-order chi connectivity index (χ1) is 14.8. The van der Waals surface area contributed by atoms with Gasteiger partial charge in [-0.1, -0.05) is 0 Å². The Hall–Kier alpha value is -2.21. The van der Waals surface area contributed by atoms with Crippen molar-refractivity contribution in [3.8, 4) is 0 Å². The molecule has 0 amide bonds. The number of fused-ring (bicyclic) bond motifs is 1. The summed E-state index contributed by atoms with van der Waals surface area (Å²) < 4.78 is 12.0. The summed E-state index contributed by atoms with van der Waals surface area (Å²) in [5.74, 6) is -0.213. The largest absolute Gasteiger partial charge is 0.394 e. The molecule has 15 heteroatoms. The van der Waals surface area contributed by atoms with E-state index in [1.165, 1.54) is 10.9 Å². The highest BCUT2D eigenvalue weighted by atomic mass is 16.6. The molecule has 0 unspecified atom stereocenters. The molecule has 0 saturated carbocycles. The van der Waals surface area contributed by atoms with Crippen LogP contribution in [-0.4, -0.2) is 117 Å². The molecule has 2 saturated heterocycles. The number of aromatic amines is 1. The Bertz CT molecular complexity index is 981. The van der Waals surface area contributed by atoms with Crippen LogP contribution in [0.1, 0.15) is 6.23 Å². The van der Waals surface area contributed by atoms with Crippen molar-refractivity contribution >= 4 is 17.1 Å². The second-order valence-electron chi connectivity index (χ2n) is 7.36. The van der Waals surface area contributed by atoms with Crippen LogP contribution in [-0.2, 0) is 9.47 Å². The minimum atomic E-state index is -1.64. The summed E-state index contributed by atoms with van der Waals surface area (Å²) in [6.45, 7) is -1.18. The molecule has 31 heavy (non-hydrogen) atoms. The van der Waals surface area contributed by atoms with Crippen LogP contribution < -0.4 is 10.9 Å². The van der Waals surface area contributed by atoms with E-state index in [0.29, 0.717) is 0 Å². The molecule has 9 N–H and O–H groups in total. The van der Waals surface area contributed by atoms with Crippen LogP contribution in [0.4, 0.5) is 5.95 Å². The molecule has 2 aliphatic heterocycles. The molecule has 15 nitrogen and oxygen atoms in total. The number of ether oxygens (including phenoxy) is 2. The average Bonchev–Trinajstić information content (AvgIpc) is 3.30. The highest BCUT2D eigenvalue weighted by molar-refractivity contribution is 5.71. The normalized spacial score (nSPS) is 38.6. The lowest BCUT2D eigenvalue weighted by Crippen LogP contribution is -2.60. The number of anilines is 1. The molecule has 0 spiro atoms. The maximum Gasteiger partial charge on any atom is 0.280 e. The molecule has 0 aromatic carbocycles. The Morgan fingerprint density at radius 2 is 1.61 bits per heavy atom. The Morgan fingerprint density at radius 3 is 2.26 bits per heavy atom. The van der Waals surface area contributed by atoms with E-state index in [2.05, 4.69) is 20.3 Å². The number of aliphatic hydroxyl groups excluding tert-OH is 7. The monoisotopic (exact) mass is 445 g/mol. The van der Waals surface area contributed by atoms with Crippen LogP contribution in [0.5, 0.6) is 0 Å². The van der Waals surface area contributed by atoms with E-state index in [4.69, 9.17) is 9.47 Å². The van der Waals surface area contributed by atoms with Gasteiger partial charge in [-0.15, -0.1) is 0 Å². The van der Waals surface area contributed by atoms with Gasteiger partial charge >= 0.3 is 0 Å². The molecular weight excluding hydrogens is 422 g/mol. The highest BCUT2D eigenvalue weighted by Crippen LogP contribution is 2.31. The summed E-state index contributed by atoms with van der Waals surface area (Å²) in [6, 6.07) is 0. The molecule has 4 rings (SSSR count). The number of rotatable bonds is 5. The summed E-state index contributed by atoms with van der Waals surface area (Å²) >= 11 is 0. The number of aromatic nitrogens is 4. The van der Waals surface area contributed by atoms with Gasteiger partial charge in [-0.25, -0.2) is 4.98 Å². The molecular formula is C16H23N5O10. The molecule has 0 radical (unpaired) electrons. The van der Waals surface area contributed by atoms with Crippen molar-refractivity contribution in [1.29, 1.82) is 0 Å². The molecule has 172 valence electrons. The number of aliphatic hydroxyl groups is 7. The van der Waals surface area contributed by atoms with Gasteiger partial charge in [0.2, 0.25) is 5.95 Å². The predicted molar refractivity (Wildman–Crippen MR) is 98.5 cm³/mol. The van der Waals surface area contributed by atoms with Gasteiger partial charge in [-0.2, -0.15) is 4.98 Å². The topological polar surface area (TPSA) is 236 Å². The van der Waals surface area contributed by atoms with Crippen molar-refractivity contribution in [2.45, 2.75) is 55.2 Å². The fourth-order valence-corrected chi connectivity index (χ4v) is 3.65. The van der Waals surface area contributed by atoms with E-state index in [-0.39, 0.29) is 17.1 Å². The van der Waals surface area contributed by atoms with Gasteiger partial charge in [0.1, 0.15) is 42.7 Å². The number of nitrogens with one attached hydrogen (secondary N) is 2. The third-order valence-corrected chi connectivity index (χ3v) is 5.39. The standard InChI is InChI=1S/C16H23N5O10/c22-1-4-7(24)9(26)10(27)14(30-4)20-16-18-12-6(13(29)19-16)17-3-21(12)15-11(28)8(25)5(2-23)31-15/h3-5,7-11,14-15,22-28H,1-2H2,(H2,18,19,20,29)/t4-,5-,7-,8-,9+,10-,11-,14-,15-/m1/s1. The van der Waals surface area contributed by atoms with Gasteiger partial charge in [0, 0.05) is 0 Å². The molecule has 9 atom stereocenters. The van der Waals surface area contributed by atoms with E-state index < -0.39 is 74.0 Å². The van der Waals surface area contributed by atoms with E-state index in [1.807, 2.05) is 0 Å². The first-order valence-corrected chi connectivity index (χ1v) is 9.43. The van der Waals surface area contributed by atoms with Crippen LogP contribution in [0.25, 0.3) is 11.2 Å². The zero-order valence-electron chi connectivity index (χ0n) is 15.9. The SMILES string of the molecule is O=c1[nH]c(N[C@@H]2O[C@H](CO)[C@@H](O)[C@H](O)[C@H]2O)nc2c1ncn2[C@@H]1O[C@H](CO)[C@@H](O)[C@H]1O. The zero-order chi connectivity index (χ0) is 22.4. The number of hydrogen-bond donors (Lipinski definition) is 9. The summed E-state index contributed by atoms with van der Waals surface area (Å²) in [6.07, 6.45) is -11.2. The van der Waals surface area contributed by atoms with Crippen LogP contribution in [0.15, 0.2) is 11.1 Å². The maximum absolute atomic E-state index is 12.4. The molecule has 2 aromatic heterocycles. The third-order valence-electron chi connectivity index (χ3n) is 5.39. The molecule has 0 aliphatic carbocycles. The van der Waals surface area contributed by atoms with Gasteiger partial charge in [-0.3, -0.25) is 14.3 Å². The van der Waals surface area contributed by atoms with Crippen molar-refractivity contribution < 1.29 is 45.2 Å². The van der Waals surface area contributed by atoms with E-state index >= 15 is 0 Å². The molecule has 2 aliphatic rings. The van der Waals surface area contributed by atoms with Crippen LogP contribution in [0, 0.1) is 0 Å².